The molecule has 0 atom stereocenters. The zero-order valence-electron chi connectivity index (χ0n) is 13.8. The van der Waals surface area contributed by atoms with Gasteiger partial charge in [-0.25, -0.2) is 0 Å². The Morgan fingerprint density at radius 1 is 1.32 bits per heavy atom. The topological polar surface area (TPSA) is 46.5 Å². The standard InChI is InChI=1S/C18H25ClO3/c1-5-7-14(8-9-16(20)21)17-13(4)18(19)12(3)11-15(17)22-10-6-2/h8,11H,5-7,9-10H2,1-4H3,(H,20,21)/b14-8+. The van der Waals surface area contributed by atoms with Crippen molar-refractivity contribution in [2.45, 2.75) is 53.4 Å². The van der Waals surface area contributed by atoms with E-state index in [0.29, 0.717) is 6.61 Å². The van der Waals surface area contributed by atoms with Crippen LogP contribution >= 0.6 is 11.6 Å². The molecule has 0 spiro atoms. The maximum Gasteiger partial charge on any atom is 0.307 e. The summed E-state index contributed by atoms with van der Waals surface area (Å²) in [6.45, 7) is 8.69. The number of aryl methyl sites for hydroxylation is 1. The summed E-state index contributed by atoms with van der Waals surface area (Å²) in [4.78, 5) is 10.9. The highest BCUT2D eigenvalue weighted by Crippen LogP contribution is 2.38. The van der Waals surface area contributed by atoms with Crippen LogP contribution in [0.15, 0.2) is 12.1 Å². The van der Waals surface area contributed by atoms with Crippen molar-refractivity contribution in [1.82, 2.24) is 0 Å². The lowest BCUT2D eigenvalue weighted by Gasteiger charge is -2.19. The molecule has 3 nitrogen and oxygen atoms in total. The zero-order chi connectivity index (χ0) is 16.7. The van der Waals surface area contributed by atoms with E-state index in [0.717, 1.165) is 52.3 Å². The second-order valence-electron chi connectivity index (χ2n) is 5.43. The fraction of sp³-hybridized carbons (Fsp3) is 0.500. The van der Waals surface area contributed by atoms with Crippen molar-refractivity contribution < 1.29 is 14.6 Å². The summed E-state index contributed by atoms with van der Waals surface area (Å²) in [7, 11) is 0. The van der Waals surface area contributed by atoms with Crippen LogP contribution in [0.2, 0.25) is 5.02 Å². The molecule has 0 saturated heterocycles. The molecule has 1 aromatic carbocycles. The molecule has 0 fully saturated rings. The van der Waals surface area contributed by atoms with Gasteiger partial charge >= 0.3 is 5.97 Å². The third kappa shape index (κ3) is 4.77. The molecule has 1 N–H and O–H groups in total. The molecule has 0 radical (unpaired) electrons. The van der Waals surface area contributed by atoms with E-state index in [4.69, 9.17) is 21.4 Å². The molecule has 122 valence electrons. The predicted molar refractivity (Wildman–Crippen MR) is 91.8 cm³/mol. The minimum absolute atomic E-state index is 0.00743. The van der Waals surface area contributed by atoms with E-state index in [9.17, 15) is 4.79 Å². The van der Waals surface area contributed by atoms with Crippen LogP contribution in [0.1, 0.15) is 56.2 Å². The summed E-state index contributed by atoms with van der Waals surface area (Å²) in [6, 6.07) is 1.95. The third-order valence-corrected chi connectivity index (χ3v) is 4.05. The van der Waals surface area contributed by atoms with Crippen molar-refractivity contribution in [2.75, 3.05) is 6.61 Å². The molecule has 0 saturated carbocycles. The van der Waals surface area contributed by atoms with Gasteiger partial charge in [-0.1, -0.05) is 37.9 Å². The molecule has 0 unspecified atom stereocenters. The van der Waals surface area contributed by atoms with Crippen molar-refractivity contribution in [3.8, 4) is 5.75 Å². The molecular weight excluding hydrogens is 300 g/mol. The van der Waals surface area contributed by atoms with Crippen molar-refractivity contribution in [1.29, 1.82) is 0 Å². The fourth-order valence-electron chi connectivity index (χ4n) is 2.46. The fourth-order valence-corrected chi connectivity index (χ4v) is 2.61. The predicted octanol–water partition coefficient (Wildman–Crippen LogP) is 5.40. The van der Waals surface area contributed by atoms with Crippen LogP contribution < -0.4 is 4.74 Å². The number of benzene rings is 1. The van der Waals surface area contributed by atoms with Gasteiger partial charge in [-0.15, -0.1) is 0 Å². The Balaban J connectivity index is 3.40. The summed E-state index contributed by atoms with van der Waals surface area (Å²) in [5.41, 5.74) is 3.88. The molecule has 0 aromatic heterocycles. The molecule has 1 aromatic rings. The van der Waals surface area contributed by atoms with Gasteiger partial charge in [-0.2, -0.15) is 0 Å². The zero-order valence-corrected chi connectivity index (χ0v) is 14.6. The normalized spacial score (nSPS) is 11.6. The van der Waals surface area contributed by atoms with Gasteiger partial charge in [0.25, 0.3) is 0 Å². The van der Waals surface area contributed by atoms with Gasteiger partial charge in [0, 0.05) is 10.6 Å². The van der Waals surface area contributed by atoms with Gasteiger partial charge in [0.1, 0.15) is 5.75 Å². The quantitative estimate of drug-likeness (QED) is 0.696. The van der Waals surface area contributed by atoms with E-state index in [-0.39, 0.29) is 6.42 Å². The number of rotatable bonds is 8. The molecule has 0 aliphatic rings. The second kappa shape index (κ2) is 8.84. The Kier molecular flexibility index (Phi) is 7.46. The van der Waals surface area contributed by atoms with Crippen LogP contribution in [-0.2, 0) is 4.79 Å². The maximum absolute atomic E-state index is 10.9. The first-order chi connectivity index (χ1) is 10.4. The van der Waals surface area contributed by atoms with Crippen molar-refractivity contribution in [2.24, 2.45) is 0 Å². The van der Waals surface area contributed by atoms with Crippen LogP contribution in [0.5, 0.6) is 5.75 Å². The van der Waals surface area contributed by atoms with Gasteiger partial charge in [-0.05, 0) is 49.5 Å². The lowest BCUT2D eigenvalue weighted by Crippen LogP contribution is -2.03. The lowest BCUT2D eigenvalue weighted by molar-refractivity contribution is -0.135. The van der Waals surface area contributed by atoms with Crippen molar-refractivity contribution in [3.05, 3.63) is 33.9 Å². The molecule has 1 rings (SSSR count). The van der Waals surface area contributed by atoms with Gasteiger partial charge < -0.3 is 9.84 Å². The van der Waals surface area contributed by atoms with E-state index >= 15 is 0 Å². The molecule has 0 aliphatic heterocycles. The Morgan fingerprint density at radius 3 is 2.55 bits per heavy atom. The number of ether oxygens (including phenoxy) is 1. The monoisotopic (exact) mass is 324 g/mol. The minimum atomic E-state index is -0.833. The highest BCUT2D eigenvalue weighted by Gasteiger charge is 2.17. The first-order valence-electron chi connectivity index (χ1n) is 7.76. The Labute approximate surface area is 137 Å². The molecule has 0 heterocycles. The Bertz CT molecular complexity index is 562. The Morgan fingerprint density at radius 2 is 2.00 bits per heavy atom. The molecule has 0 aliphatic carbocycles. The largest absolute Gasteiger partial charge is 0.493 e. The highest BCUT2D eigenvalue weighted by molar-refractivity contribution is 6.32. The average molecular weight is 325 g/mol. The number of hydrogen-bond acceptors (Lipinski definition) is 2. The first kappa shape index (κ1) is 18.6. The van der Waals surface area contributed by atoms with Crippen LogP contribution in [-0.4, -0.2) is 17.7 Å². The minimum Gasteiger partial charge on any atom is -0.493 e. The van der Waals surface area contributed by atoms with Gasteiger partial charge in [0.05, 0.1) is 13.0 Å². The van der Waals surface area contributed by atoms with E-state index in [1.54, 1.807) is 6.08 Å². The van der Waals surface area contributed by atoms with E-state index in [2.05, 4.69) is 13.8 Å². The van der Waals surface area contributed by atoms with Gasteiger partial charge in [0.15, 0.2) is 0 Å². The second-order valence-corrected chi connectivity index (χ2v) is 5.81. The van der Waals surface area contributed by atoms with Gasteiger partial charge in [0.2, 0.25) is 0 Å². The van der Waals surface area contributed by atoms with E-state index in [1.165, 1.54) is 0 Å². The van der Waals surface area contributed by atoms with Crippen molar-refractivity contribution >= 4 is 23.1 Å². The molecule has 0 amide bonds. The number of carboxylic acid groups (broad SMARTS) is 1. The Hall–Kier alpha value is -1.48. The van der Waals surface area contributed by atoms with Crippen LogP contribution in [0.4, 0.5) is 0 Å². The maximum atomic E-state index is 10.9. The molecule has 4 heteroatoms. The van der Waals surface area contributed by atoms with Crippen LogP contribution in [0.3, 0.4) is 0 Å². The first-order valence-corrected chi connectivity index (χ1v) is 8.13. The van der Waals surface area contributed by atoms with Crippen molar-refractivity contribution in [3.63, 3.8) is 0 Å². The smallest absolute Gasteiger partial charge is 0.307 e. The number of halogens is 1. The number of allylic oxidation sites excluding steroid dienone is 1. The van der Waals surface area contributed by atoms with Gasteiger partial charge in [-0.3, -0.25) is 4.79 Å². The number of carboxylic acids is 1. The summed E-state index contributed by atoms with van der Waals surface area (Å²) in [6.07, 6.45) is 4.44. The SMILES string of the molecule is CCCOc1cc(C)c(Cl)c(C)c1/C(=C/CC(=O)O)CCC. The number of carbonyl (C=O) groups is 1. The van der Waals surface area contributed by atoms with E-state index in [1.807, 2.05) is 19.9 Å². The lowest BCUT2D eigenvalue weighted by atomic mass is 9.93. The molecular formula is C18H25ClO3. The number of aliphatic carboxylic acids is 1. The summed E-state index contributed by atoms with van der Waals surface area (Å²) in [5.74, 6) is -0.0353. The average Bonchev–Trinajstić information content (AvgIpc) is 2.47. The summed E-state index contributed by atoms with van der Waals surface area (Å²) >= 11 is 6.40. The highest BCUT2D eigenvalue weighted by atomic mass is 35.5. The summed E-state index contributed by atoms with van der Waals surface area (Å²) < 4.78 is 5.89. The summed E-state index contributed by atoms with van der Waals surface area (Å²) in [5, 5.41) is 9.67. The molecule has 0 bridgehead atoms. The third-order valence-electron chi connectivity index (χ3n) is 3.47. The molecule has 22 heavy (non-hydrogen) atoms. The van der Waals surface area contributed by atoms with Crippen LogP contribution in [0.25, 0.3) is 5.57 Å². The number of hydrogen-bond donors (Lipinski definition) is 1. The van der Waals surface area contributed by atoms with E-state index < -0.39 is 5.97 Å². The van der Waals surface area contributed by atoms with Crippen LogP contribution in [0, 0.1) is 13.8 Å².